The van der Waals surface area contributed by atoms with Crippen molar-refractivity contribution < 1.29 is 23.7 Å². The second-order valence-corrected chi connectivity index (χ2v) is 10.5. The van der Waals surface area contributed by atoms with E-state index in [-0.39, 0.29) is 24.0 Å². The molecule has 0 bridgehead atoms. The lowest BCUT2D eigenvalue weighted by molar-refractivity contribution is -0.146. The highest BCUT2D eigenvalue weighted by molar-refractivity contribution is 6.37. The van der Waals surface area contributed by atoms with Gasteiger partial charge in [0, 0.05) is 18.3 Å². The Labute approximate surface area is 223 Å². The molecule has 0 heterocycles. The fourth-order valence-electron chi connectivity index (χ4n) is 3.36. The van der Waals surface area contributed by atoms with Crippen molar-refractivity contribution in [2.45, 2.75) is 59.2 Å². The lowest BCUT2D eigenvalue weighted by Crippen LogP contribution is -2.26. The van der Waals surface area contributed by atoms with Crippen molar-refractivity contribution in [3.05, 3.63) is 57.6 Å². The minimum atomic E-state index is -0.594. The van der Waals surface area contributed by atoms with Gasteiger partial charge in [0.2, 0.25) is 0 Å². The van der Waals surface area contributed by atoms with Crippen LogP contribution in [0.4, 0.5) is 0 Å². The summed E-state index contributed by atoms with van der Waals surface area (Å²) >= 11 is 18.9. The summed E-state index contributed by atoms with van der Waals surface area (Å²) in [5.41, 5.74) is 1.64. The molecule has 0 N–H and O–H groups in total. The summed E-state index contributed by atoms with van der Waals surface area (Å²) in [6.07, 6.45) is -0.381. The van der Waals surface area contributed by atoms with Gasteiger partial charge in [0.05, 0.1) is 35.2 Å². The standard InChI is InChI=1S/C27H35Cl3O5/c1-17(2)32-14-18(3)15-33-22-9-7-20(8-10-22)27(5,6)21-11-24(29)26(25(30)12-21)34-16-23(13-28)35-19(4)31/h7-12,17-18,23H,13-16H2,1-6H3/t18-,23+/m0/s1. The monoisotopic (exact) mass is 544 g/mol. The summed E-state index contributed by atoms with van der Waals surface area (Å²) < 4.78 is 22.4. The second kappa shape index (κ2) is 13.6. The number of carbonyl (C=O) groups is 1. The van der Waals surface area contributed by atoms with E-state index in [0.717, 1.165) is 16.9 Å². The van der Waals surface area contributed by atoms with Gasteiger partial charge in [-0.2, -0.15) is 0 Å². The third kappa shape index (κ3) is 9.05. The van der Waals surface area contributed by atoms with Gasteiger partial charge < -0.3 is 18.9 Å². The minimum absolute atomic E-state index is 0.0505. The van der Waals surface area contributed by atoms with Crippen LogP contribution in [0.5, 0.6) is 11.5 Å². The van der Waals surface area contributed by atoms with Gasteiger partial charge in [0.15, 0.2) is 5.75 Å². The maximum atomic E-state index is 11.2. The van der Waals surface area contributed by atoms with Crippen molar-refractivity contribution in [2.75, 3.05) is 25.7 Å². The molecule has 0 saturated carbocycles. The van der Waals surface area contributed by atoms with Crippen molar-refractivity contribution in [2.24, 2.45) is 5.92 Å². The average molecular weight is 546 g/mol. The van der Waals surface area contributed by atoms with E-state index in [4.69, 9.17) is 53.8 Å². The predicted octanol–water partition coefficient (Wildman–Crippen LogP) is 7.31. The molecule has 0 aliphatic carbocycles. The van der Waals surface area contributed by atoms with Crippen molar-refractivity contribution in [3.8, 4) is 11.5 Å². The Bertz CT molecular complexity index is 937. The molecule has 0 fully saturated rings. The zero-order chi connectivity index (χ0) is 26.2. The molecule has 2 rings (SSSR count). The third-order valence-electron chi connectivity index (χ3n) is 5.46. The maximum absolute atomic E-state index is 11.2. The number of alkyl halides is 1. The van der Waals surface area contributed by atoms with Crippen LogP contribution in [0.1, 0.15) is 52.7 Å². The van der Waals surface area contributed by atoms with Gasteiger partial charge in [-0.25, -0.2) is 0 Å². The first-order valence-electron chi connectivity index (χ1n) is 11.6. The van der Waals surface area contributed by atoms with Crippen molar-refractivity contribution in [3.63, 3.8) is 0 Å². The van der Waals surface area contributed by atoms with E-state index >= 15 is 0 Å². The number of hydrogen-bond acceptors (Lipinski definition) is 5. The molecule has 5 nitrogen and oxygen atoms in total. The Morgan fingerprint density at radius 2 is 1.51 bits per heavy atom. The normalized spacial score (nSPS) is 13.4. The highest BCUT2D eigenvalue weighted by Crippen LogP contribution is 2.40. The van der Waals surface area contributed by atoms with Gasteiger partial charge in [-0.3, -0.25) is 4.79 Å². The first-order valence-corrected chi connectivity index (χ1v) is 12.9. The molecule has 0 unspecified atom stereocenters. The van der Waals surface area contributed by atoms with E-state index in [1.54, 1.807) is 0 Å². The molecule has 2 aromatic carbocycles. The van der Waals surface area contributed by atoms with Gasteiger partial charge in [-0.1, -0.05) is 56.1 Å². The van der Waals surface area contributed by atoms with E-state index in [0.29, 0.717) is 34.9 Å². The molecule has 0 aliphatic rings. The Kier molecular flexibility index (Phi) is 11.5. The Hall–Kier alpha value is -1.66. The average Bonchev–Trinajstić information content (AvgIpc) is 2.79. The van der Waals surface area contributed by atoms with Crippen LogP contribution in [-0.2, 0) is 19.7 Å². The van der Waals surface area contributed by atoms with Crippen LogP contribution in [-0.4, -0.2) is 43.9 Å². The van der Waals surface area contributed by atoms with Crippen LogP contribution in [0.25, 0.3) is 0 Å². The van der Waals surface area contributed by atoms with Crippen LogP contribution < -0.4 is 9.47 Å². The summed E-state index contributed by atoms with van der Waals surface area (Å²) in [5.74, 6) is 1.10. The first-order chi connectivity index (χ1) is 16.4. The maximum Gasteiger partial charge on any atom is 0.303 e. The molecule has 0 saturated heterocycles. The Morgan fingerprint density at radius 1 is 0.914 bits per heavy atom. The molecule has 2 atom stereocenters. The topological polar surface area (TPSA) is 54.0 Å². The highest BCUT2D eigenvalue weighted by Gasteiger charge is 2.26. The summed E-state index contributed by atoms with van der Waals surface area (Å²) in [4.78, 5) is 11.2. The van der Waals surface area contributed by atoms with Gasteiger partial charge in [0.1, 0.15) is 18.5 Å². The molecule has 8 heteroatoms. The number of benzene rings is 2. The molecule has 0 amide bonds. The fourth-order valence-corrected chi connectivity index (χ4v) is 4.11. The smallest absolute Gasteiger partial charge is 0.303 e. The molecular weight excluding hydrogens is 511 g/mol. The number of esters is 1. The highest BCUT2D eigenvalue weighted by atomic mass is 35.5. The number of rotatable bonds is 13. The van der Waals surface area contributed by atoms with Crippen molar-refractivity contribution >= 4 is 40.8 Å². The number of ether oxygens (including phenoxy) is 4. The van der Waals surface area contributed by atoms with E-state index in [9.17, 15) is 4.79 Å². The van der Waals surface area contributed by atoms with Gasteiger partial charge in [-0.05, 0) is 49.2 Å². The third-order valence-corrected chi connectivity index (χ3v) is 6.37. The number of halogens is 3. The predicted molar refractivity (Wildman–Crippen MR) is 143 cm³/mol. The van der Waals surface area contributed by atoms with Crippen molar-refractivity contribution in [1.82, 2.24) is 0 Å². The number of carbonyl (C=O) groups excluding carboxylic acids is 1. The summed E-state index contributed by atoms with van der Waals surface area (Å²) in [6, 6.07) is 11.7. The molecule has 0 spiro atoms. The molecule has 0 aromatic heterocycles. The van der Waals surface area contributed by atoms with E-state index in [2.05, 4.69) is 20.8 Å². The number of hydrogen-bond donors (Lipinski definition) is 0. The Morgan fingerprint density at radius 3 is 2.03 bits per heavy atom. The molecule has 35 heavy (non-hydrogen) atoms. The van der Waals surface area contributed by atoms with Crippen LogP contribution in [0.3, 0.4) is 0 Å². The molecule has 194 valence electrons. The van der Waals surface area contributed by atoms with Crippen LogP contribution in [0, 0.1) is 5.92 Å². The van der Waals surface area contributed by atoms with E-state index < -0.39 is 12.1 Å². The summed E-state index contributed by atoms with van der Waals surface area (Å²) in [6.45, 7) is 13.0. The summed E-state index contributed by atoms with van der Waals surface area (Å²) in [5, 5.41) is 0.739. The first kappa shape index (κ1) is 29.6. The van der Waals surface area contributed by atoms with E-state index in [1.165, 1.54) is 6.92 Å². The molecule has 0 radical (unpaired) electrons. The van der Waals surface area contributed by atoms with Gasteiger partial charge >= 0.3 is 5.97 Å². The summed E-state index contributed by atoms with van der Waals surface area (Å²) in [7, 11) is 0. The molecule has 2 aromatic rings. The zero-order valence-corrected chi connectivity index (χ0v) is 23.5. The largest absolute Gasteiger partial charge is 0.493 e. The van der Waals surface area contributed by atoms with Crippen LogP contribution in [0.15, 0.2) is 36.4 Å². The van der Waals surface area contributed by atoms with Gasteiger partial charge in [-0.15, -0.1) is 11.6 Å². The second-order valence-electron chi connectivity index (χ2n) is 9.41. The molecule has 0 aliphatic heterocycles. The molecular formula is C27H35Cl3O5. The lowest BCUT2D eigenvalue weighted by Gasteiger charge is -2.27. The van der Waals surface area contributed by atoms with E-state index in [1.807, 2.05) is 50.2 Å². The van der Waals surface area contributed by atoms with Gasteiger partial charge in [0.25, 0.3) is 0 Å². The SMILES string of the molecule is CC(=O)O[C@H](CCl)COc1c(Cl)cc(C(C)(C)c2ccc(OC[C@@H](C)COC(C)C)cc2)cc1Cl. The quantitative estimate of drug-likeness (QED) is 0.195. The van der Waals surface area contributed by atoms with Crippen LogP contribution >= 0.6 is 34.8 Å². The lowest BCUT2D eigenvalue weighted by atomic mass is 9.78. The minimum Gasteiger partial charge on any atom is -0.493 e. The van der Waals surface area contributed by atoms with Crippen LogP contribution in [0.2, 0.25) is 10.0 Å². The zero-order valence-electron chi connectivity index (χ0n) is 21.2. The fraction of sp³-hybridized carbons (Fsp3) is 0.519. The van der Waals surface area contributed by atoms with Crippen molar-refractivity contribution in [1.29, 1.82) is 0 Å². The Balaban J connectivity index is 2.09.